The van der Waals surface area contributed by atoms with Crippen molar-refractivity contribution in [3.63, 3.8) is 0 Å². The summed E-state index contributed by atoms with van der Waals surface area (Å²) < 4.78 is 11.2. The topological polar surface area (TPSA) is 81.8 Å². The predicted octanol–water partition coefficient (Wildman–Crippen LogP) is 2.06. The summed E-state index contributed by atoms with van der Waals surface area (Å²) >= 11 is 0. The van der Waals surface area contributed by atoms with Crippen LogP contribution in [0, 0.1) is 0 Å². The van der Waals surface area contributed by atoms with Gasteiger partial charge in [0.25, 0.3) is 0 Å². The molecule has 0 radical (unpaired) electrons. The van der Waals surface area contributed by atoms with Crippen LogP contribution >= 0.6 is 0 Å². The number of fused-ring (bicyclic) bond motifs is 1. The van der Waals surface area contributed by atoms with Crippen molar-refractivity contribution in [3.05, 3.63) is 23.3 Å². The summed E-state index contributed by atoms with van der Waals surface area (Å²) in [6, 6.07) is 2.51. The van der Waals surface area contributed by atoms with Crippen LogP contribution in [0.1, 0.15) is 43.4 Å². The Hall–Kier alpha value is -1.75. The number of hydrogen-bond acceptors (Lipinski definition) is 4. The van der Waals surface area contributed by atoms with Gasteiger partial charge in [0.1, 0.15) is 6.04 Å². The maximum absolute atomic E-state index is 11.1. The van der Waals surface area contributed by atoms with Crippen molar-refractivity contribution in [3.8, 4) is 11.5 Å². The molecule has 19 heavy (non-hydrogen) atoms. The average Bonchev–Trinajstić information content (AvgIpc) is 2.60. The maximum atomic E-state index is 11.1. The largest absolute Gasteiger partial charge is 0.490 e. The molecule has 0 aromatic heterocycles. The quantitative estimate of drug-likeness (QED) is 0.874. The number of aliphatic carboxylic acids is 1. The molecule has 0 amide bonds. The summed E-state index contributed by atoms with van der Waals surface area (Å²) in [5, 5.41) is 9.10. The third-order valence-corrected chi connectivity index (χ3v) is 3.18. The molecule has 3 N–H and O–H groups in total. The lowest BCUT2D eigenvalue weighted by atomic mass is 9.92. The number of hydrogen-bond donors (Lipinski definition) is 2. The monoisotopic (exact) mass is 265 g/mol. The Morgan fingerprint density at radius 2 is 1.74 bits per heavy atom. The second kappa shape index (κ2) is 5.48. The number of rotatable bonds is 3. The molecule has 1 unspecified atom stereocenters. The predicted molar refractivity (Wildman–Crippen MR) is 70.7 cm³/mol. The molecule has 1 atom stereocenters. The van der Waals surface area contributed by atoms with Crippen molar-refractivity contribution in [1.82, 2.24) is 0 Å². The summed E-state index contributed by atoms with van der Waals surface area (Å²) in [6.07, 6.45) is 0.812. The highest BCUT2D eigenvalue weighted by Gasteiger charge is 2.23. The van der Waals surface area contributed by atoms with E-state index in [4.69, 9.17) is 20.3 Å². The Balaban J connectivity index is 2.51. The van der Waals surface area contributed by atoms with Crippen LogP contribution in [0.15, 0.2) is 12.1 Å². The first kappa shape index (κ1) is 13.7. The van der Waals surface area contributed by atoms with Crippen molar-refractivity contribution < 1.29 is 19.4 Å². The normalized spacial score (nSPS) is 16.0. The van der Waals surface area contributed by atoms with Crippen molar-refractivity contribution in [2.45, 2.75) is 32.2 Å². The molecular weight excluding hydrogens is 246 g/mol. The molecule has 2 rings (SSSR count). The van der Waals surface area contributed by atoms with Crippen LogP contribution in [0.5, 0.6) is 11.5 Å². The molecule has 1 heterocycles. The van der Waals surface area contributed by atoms with Gasteiger partial charge in [-0.2, -0.15) is 0 Å². The molecule has 0 spiro atoms. The second-order valence-electron chi connectivity index (χ2n) is 4.95. The summed E-state index contributed by atoms with van der Waals surface area (Å²) in [5.74, 6) is 0.366. The first-order valence-electron chi connectivity index (χ1n) is 6.42. The molecule has 1 aromatic rings. The zero-order valence-electron chi connectivity index (χ0n) is 11.2. The van der Waals surface area contributed by atoms with Crippen LogP contribution in [0.2, 0.25) is 0 Å². The van der Waals surface area contributed by atoms with E-state index in [0.717, 1.165) is 12.0 Å². The lowest BCUT2D eigenvalue weighted by molar-refractivity contribution is -0.138. The Bertz CT molecular complexity index is 485. The van der Waals surface area contributed by atoms with E-state index in [1.807, 2.05) is 19.9 Å². The molecule has 5 nitrogen and oxygen atoms in total. The fraction of sp³-hybridized carbons (Fsp3) is 0.500. The first-order chi connectivity index (χ1) is 9.00. The van der Waals surface area contributed by atoms with E-state index < -0.39 is 12.0 Å². The smallest absolute Gasteiger partial charge is 0.325 e. The van der Waals surface area contributed by atoms with Gasteiger partial charge in [0, 0.05) is 6.42 Å². The summed E-state index contributed by atoms with van der Waals surface area (Å²) in [6.45, 7) is 5.17. The van der Waals surface area contributed by atoms with E-state index in [-0.39, 0.29) is 5.92 Å². The zero-order valence-corrected chi connectivity index (χ0v) is 11.2. The van der Waals surface area contributed by atoms with E-state index in [1.165, 1.54) is 0 Å². The van der Waals surface area contributed by atoms with Crippen molar-refractivity contribution >= 4 is 5.97 Å². The van der Waals surface area contributed by atoms with Crippen molar-refractivity contribution in [1.29, 1.82) is 0 Å². The van der Waals surface area contributed by atoms with Gasteiger partial charge < -0.3 is 20.3 Å². The van der Waals surface area contributed by atoms with Crippen LogP contribution in [0.4, 0.5) is 0 Å². The summed E-state index contributed by atoms with van der Waals surface area (Å²) in [5.41, 5.74) is 7.23. The molecule has 0 fully saturated rings. The van der Waals surface area contributed by atoms with Gasteiger partial charge in [-0.3, -0.25) is 4.79 Å². The Labute approximate surface area is 112 Å². The molecule has 5 heteroatoms. The van der Waals surface area contributed by atoms with Crippen LogP contribution < -0.4 is 15.2 Å². The van der Waals surface area contributed by atoms with Gasteiger partial charge in [0.2, 0.25) is 0 Å². The third-order valence-electron chi connectivity index (χ3n) is 3.18. The van der Waals surface area contributed by atoms with E-state index in [2.05, 4.69) is 0 Å². The lowest BCUT2D eigenvalue weighted by Gasteiger charge is -2.19. The number of nitrogens with two attached hydrogens (primary N) is 1. The Morgan fingerprint density at radius 3 is 2.21 bits per heavy atom. The Morgan fingerprint density at radius 1 is 1.21 bits per heavy atom. The van der Waals surface area contributed by atoms with Crippen molar-refractivity contribution in [2.75, 3.05) is 13.2 Å². The standard InChI is InChI=1S/C14H19NO4/c1-8(2)9-6-11-12(19-5-3-4-18-11)7-10(9)13(15)14(16)17/h6-8,13H,3-5,15H2,1-2H3,(H,16,17). The minimum atomic E-state index is -1.05. The number of carboxylic acid groups (broad SMARTS) is 1. The minimum absolute atomic E-state index is 0.164. The average molecular weight is 265 g/mol. The van der Waals surface area contributed by atoms with E-state index >= 15 is 0 Å². The summed E-state index contributed by atoms with van der Waals surface area (Å²) in [7, 11) is 0. The number of carbonyl (C=O) groups is 1. The van der Waals surface area contributed by atoms with Gasteiger partial charge in [-0.15, -0.1) is 0 Å². The molecule has 0 aliphatic carbocycles. The SMILES string of the molecule is CC(C)c1cc2c(cc1C(N)C(=O)O)OCCCO2. The number of benzene rings is 1. The molecule has 1 aromatic carbocycles. The Kier molecular flexibility index (Phi) is 3.95. The molecule has 0 bridgehead atoms. The number of carboxylic acids is 1. The zero-order chi connectivity index (χ0) is 14.0. The van der Waals surface area contributed by atoms with Crippen LogP contribution in [-0.2, 0) is 4.79 Å². The highest BCUT2D eigenvalue weighted by Crippen LogP contribution is 2.37. The highest BCUT2D eigenvalue weighted by atomic mass is 16.5. The van der Waals surface area contributed by atoms with Crippen molar-refractivity contribution in [2.24, 2.45) is 5.73 Å². The van der Waals surface area contributed by atoms with E-state index in [0.29, 0.717) is 30.3 Å². The molecule has 0 saturated carbocycles. The van der Waals surface area contributed by atoms with E-state index in [9.17, 15) is 4.79 Å². The fourth-order valence-electron chi connectivity index (χ4n) is 2.14. The maximum Gasteiger partial charge on any atom is 0.325 e. The molecule has 1 aliphatic heterocycles. The third kappa shape index (κ3) is 2.81. The number of ether oxygens (including phenoxy) is 2. The van der Waals surface area contributed by atoms with E-state index in [1.54, 1.807) is 6.07 Å². The molecule has 104 valence electrons. The minimum Gasteiger partial charge on any atom is -0.490 e. The van der Waals surface area contributed by atoms with Gasteiger partial charge in [0.05, 0.1) is 13.2 Å². The molecule has 1 aliphatic rings. The highest BCUT2D eigenvalue weighted by molar-refractivity contribution is 5.76. The van der Waals surface area contributed by atoms with Crippen LogP contribution in [0.3, 0.4) is 0 Å². The second-order valence-corrected chi connectivity index (χ2v) is 4.95. The van der Waals surface area contributed by atoms with Gasteiger partial charge in [-0.25, -0.2) is 0 Å². The van der Waals surface area contributed by atoms with Gasteiger partial charge in [-0.1, -0.05) is 13.8 Å². The van der Waals surface area contributed by atoms with Crippen LogP contribution in [0.25, 0.3) is 0 Å². The fourth-order valence-corrected chi connectivity index (χ4v) is 2.14. The van der Waals surface area contributed by atoms with Gasteiger partial charge >= 0.3 is 5.97 Å². The van der Waals surface area contributed by atoms with Gasteiger partial charge in [-0.05, 0) is 29.2 Å². The first-order valence-corrected chi connectivity index (χ1v) is 6.42. The molecular formula is C14H19NO4. The van der Waals surface area contributed by atoms with Crippen LogP contribution in [-0.4, -0.2) is 24.3 Å². The lowest BCUT2D eigenvalue weighted by Crippen LogP contribution is -2.22. The van der Waals surface area contributed by atoms with Gasteiger partial charge in [0.15, 0.2) is 11.5 Å². The molecule has 0 saturated heterocycles. The summed E-state index contributed by atoms with van der Waals surface area (Å²) in [4.78, 5) is 11.1.